The SMILES string of the molecule is O=C(O)C1CCCN(C(=O)C2CCNc3ccccc32)C1. The number of likely N-dealkylation sites (tertiary alicyclic amines) is 1. The summed E-state index contributed by atoms with van der Waals surface area (Å²) < 4.78 is 0. The highest BCUT2D eigenvalue weighted by Crippen LogP contribution is 2.33. The standard InChI is InChI=1S/C16H20N2O3/c19-15(18-9-3-4-11(10-18)16(20)21)13-7-8-17-14-6-2-1-5-12(13)14/h1-2,5-6,11,13,17H,3-4,7-10H2,(H,20,21). The second kappa shape index (κ2) is 5.76. The van der Waals surface area contributed by atoms with Crippen molar-refractivity contribution in [1.29, 1.82) is 0 Å². The van der Waals surface area contributed by atoms with Crippen LogP contribution in [0.2, 0.25) is 0 Å². The summed E-state index contributed by atoms with van der Waals surface area (Å²) in [7, 11) is 0. The first-order valence-corrected chi connectivity index (χ1v) is 7.51. The van der Waals surface area contributed by atoms with Gasteiger partial charge in [-0.25, -0.2) is 0 Å². The zero-order valence-electron chi connectivity index (χ0n) is 11.9. The van der Waals surface area contributed by atoms with Crippen molar-refractivity contribution in [1.82, 2.24) is 4.90 Å². The van der Waals surface area contributed by atoms with Crippen molar-refractivity contribution in [3.05, 3.63) is 29.8 Å². The van der Waals surface area contributed by atoms with Crippen LogP contribution in [0.5, 0.6) is 0 Å². The average Bonchev–Trinajstić information content (AvgIpc) is 2.53. The minimum Gasteiger partial charge on any atom is -0.481 e. The van der Waals surface area contributed by atoms with Gasteiger partial charge in [-0.05, 0) is 30.9 Å². The maximum Gasteiger partial charge on any atom is 0.308 e. The molecule has 1 amide bonds. The lowest BCUT2D eigenvalue weighted by Crippen LogP contribution is -2.45. The number of carboxylic acid groups (broad SMARTS) is 1. The Kier molecular flexibility index (Phi) is 3.82. The number of nitrogens with zero attached hydrogens (tertiary/aromatic N) is 1. The summed E-state index contributed by atoms with van der Waals surface area (Å²) >= 11 is 0. The monoisotopic (exact) mass is 288 g/mol. The molecule has 2 aliphatic heterocycles. The fraction of sp³-hybridized carbons (Fsp3) is 0.500. The number of rotatable bonds is 2. The Bertz CT molecular complexity index is 558. The summed E-state index contributed by atoms with van der Waals surface area (Å²) in [6.07, 6.45) is 2.21. The lowest BCUT2D eigenvalue weighted by Gasteiger charge is -2.35. The van der Waals surface area contributed by atoms with Gasteiger partial charge >= 0.3 is 5.97 Å². The Balaban J connectivity index is 1.78. The fourth-order valence-corrected chi connectivity index (χ4v) is 3.32. The molecule has 0 aliphatic carbocycles. The van der Waals surface area contributed by atoms with E-state index >= 15 is 0 Å². The third-order valence-corrected chi connectivity index (χ3v) is 4.47. The predicted molar refractivity (Wildman–Crippen MR) is 79.2 cm³/mol. The largest absolute Gasteiger partial charge is 0.481 e. The lowest BCUT2D eigenvalue weighted by atomic mass is 9.88. The highest BCUT2D eigenvalue weighted by Gasteiger charge is 2.34. The number of piperidine rings is 1. The van der Waals surface area contributed by atoms with Crippen molar-refractivity contribution in [2.75, 3.05) is 25.0 Å². The Morgan fingerprint density at radius 1 is 1.24 bits per heavy atom. The van der Waals surface area contributed by atoms with Crippen LogP contribution in [0.25, 0.3) is 0 Å². The number of hydrogen-bond acceptors (Lipinski definition) is 3. The smallest absolute Gasteiger partial charge is 0.308 e. The fourth-order valence-electron chi connectivity index (χ4n) is 3.32. The van der Waals surface area contributed by atoms with Gasteiger partial charge in [0.2, 0.25) is 5.91 Å². The molecule has 0 saturated carbocycles. The van der Waals surface area contributed by atoms with Gasteiger partial charge in [0.25, 0.3) is 0 Å². The molecule has 3 rings (SSSR count). The Hall–Kier alpha value is -2.04. The van der Waals surface area contributed by atoms with Gasteiger partial charge in [-0.3, -0.25) is 9.59 Å². The number of anilines is 1. The van der Waals surface area contributed by atoms with Gasteiger partial charge < -0.3 is 15.3 Å². The zero-order valence-corrected chi connectivity index (χ0v) is 11.9. The molecule has 2 N–H and O–H groups in total. The van der Waals surface area contributed by atoms with Gasteiger partial charge in [-0.2, -0.15) is 0 Å². The molecule has 1 aromatic rings. The molecule has 1 saturated heterocycles. The van der Waals surface area contributed by atoms with Crippen LogP contribution in [0.3, 0.4) is 0 Å². The van der Waals surface area contributed by atoms with Crippen molar-refractivity contribution >= 4 is 17.6 Å². The number of hydrogen-bond donors (Lipinski definition) is 2. The molecule has 0 spiro atoms. The van der Waals surface area contributed by atoms with Crippen LogP contribution < -0.4 is 5.32 Å². The van der Waals surface area contributed by atoms with Gasteiger partial charge in [0.15, 0.2) is 0 Å². The minimum atomic E-state index is -0.793. The Morgan fingerprint density at radius 3 is 2.86 bits per heavy atom. The van der Waals surface area contributed by atoms with E-state index in [0.29, 0.717) is 19.5 Å². The molecule has 5 heteroatoms. The second-order valence-corrected chi connectivity index (χ2v) is 5.82. The third-order valence-electron chi connectivity index (χ3n) is 4.47. The number of amides is 1. The van der Waals surface area contributed by atoms with E-state index in [9.17, 15) is 9.59 Å². The molecule has 2 aliphatic rings. The number of benzene rings is 1. The van der Waals surface area contributed by atoms with Crippen LogP contribution in [0.4, 0.5) is 5.69 Å². The van der Waals surface area contributed by atoms with Crippen molar-refractivity contribution in [2.45, 2.75) is 25.2 Å². The van der Waals surface area contributed by atoms with Crippen molar-refractivity contribution in [2.24, 2.45) is 5.92 Å². The van der Waals surface area contributed by atoms with E-state index in [0.717, 1.165) is 30.6 Å². The molecular weight excluding hydrogens is 268 g/mol. The maximum atomic E-state index is 12.8. The zero-order chi connectivity index (χ0) is 14.8. The molecule has 2 heterocycles. The molecule has 1 fully saturated rings. The summed E-state index contributed by atoms with van der Waals surface area (Å²) in [6, 6.07) is 7.89. The van der Waals surface area contributed by atoms with Crippen LogP contribution in [0.15, 0.2) is 24.3 Å². The quantitative estimate of drug-likeness (QED) is 0.872. The molecular formula is C16H20N2O3. The van der Waals surface area contributed by atoms with Crippen molar-refractivity contribution < 1.29 is 14.7 Å². The summed E-state index contributed by atoms with van der Waals surface area (Å²) in [6.45, 7) is 1.80. The molecule has 0 bridgehead atoms. The molecule has 2 atom stereocenters. The van der Waals surface area contributed by atoms with Gasteiger partial charge in [0.05, 0.1) is 11.8 Å². The summed E-state index contributed by atoms with van der Waals surface area (Å²) in [5.74, 6) is -1.28. The van der Waals surface area contributed by atoms with Crippen LogP contribution in [-0.4, -0.2) is 41.5 Å². The maximum absolute atomic E-state index is 12.8. The van der Waals surface area contributed by atoms with Gasteiger partial charge in [-0.15, -0.1) is 0 Å². The van der Waals surface area contributed by atoms with Crippen molar-refractivity contribution in [3.63, 3.8) is 0 Å². The highest BCUT2D eigenvalue weighted by molar-refractivity contribution is 5.87. The molecule has 112 valence electrons. The average molecular weight is 288 g/mol. The summed E-state index contributed by atoms with van der Waals surface area (Å²) in [5, 5.41) is 12.5. The number of carbonyl (C=O) groups excluding carboxylic acids is 1. The molecule has 1 aromatic carbocycles. The first-order chi connectivity index (χ1) is 10.2. The molecule has 0 aromatic heterocycles. The van der Waals surface area contributed by atoms with E-state index in [2.05, 4.69) is 5.32 Å². The van der Waals surface area contributed by atoms with Crippen molar-refractivity contribution in [3.8, 4) is 0 Å². The molecule has 5 nitrogen and oxygen atoms in total. The number of fused-ring (bicyclic) bond motifs is 1. The van der Waals surface area contributed by atoms with E-state index in [-0.39, 0.29) is 11.8 Å². The number of nitrogens with one attached hydrogen (secondary N) is 1. The van der Waals surface area contributed by atoms with E-state index in [4.69, 9.17) is 5.11 Å². The number of carbonyl (C=O) groups is 2. The normalized spacial score (nSPS) is 24.9. The number of carboxylic acids is 1. The summed E-state index contributed by atoms with van der Waals surface area (Å²) in [4.78, 5) is 25.7. The topological polar surface area (TPSA) is 69.6 Å². The van der Waals surface area contributed by atoms with Crippen LogP contribution in [0, 0.1) is 5.92 Å². The van der Waals surface area contributed by atoms with E-state index < -0.39 is 11.9 Å². The third kappa shape index (κ3) is 2.73. The second-order valence-electron chi connectivity index (χ2n) is 5.82. The van der Waals surface area contributed by atoms with E-state index in [1.165, 1.54) is 0 Å². The molecule has 2 unspecified atom stereocenters. The van der Waals surface area contributed by atoms with Gasteiger partial charge in [0.1, 0.15) is 0 Å². The number of aliphatic carboxylic acids is 1. The highest BCUT2D eigenvalue weighted by atomic mass is 16.4. The lowest BCUT2D eigenvalue weighted by molar-refractivity contribution is -0.146. The van der Waals surface area contributed by atoms with Crippen LogP contribution in [0.1, 0.15) is 30.7 Å². The molecule has 0 radical (unpaired) electrons. The Labute approximate surface area is 123 Å². The van der Waals surface area contributed by atoms with E-state index in [1.807, 2.05) is 24.3 Å². The number of para-hydroxylation sites is 1. The van der Waals surface area contributed by atoms with Crippen LogP contribution >= 0.6 is 0 Å². The first-order valence-electron chi connectivity index (χ1n) is 7.51. The summed E-state index contributed by atoms with van der Waals surface area (Å²) in [5.41, 5.74) is 2.06. The Morgan fingerprint density at radius 2 is 2.05 bits per heavy atom. The van der Waals surface area contributed by atoms with E-state index in [1.54, 1.807) is 4.90 Å². The first kappa shape index (κ1) is 13.9. The van der Waals surface area contributed by atoms with Crippen LogP contribution in [-0.2, 0) is 9.59 Å². The van der Waals surface area contributed by atoms with Gasteiger partial charge in [-0.1, -0.05) is 18.2 Å². The predicted octanol–water partition coefficient (Wildman–Crippen LogP) is 1.91. The molecule has 21 heavy (non-hydrogen) atoms. The minimum absolute atomic E-state index is 0.0786. The van der Waals surface area contributed by atoms with Gasteiger partial charge in [0, 0.05) is 25.3 Å².